The van der Waals surface area contributed by atoms with Crippen LogP contribution in [0.3, 0.4) is 0 Å². The molecule has 6 heteroatoms. The number of hydrogen-bond acceptors (Lipinski definition) is 3. The molecule has 1 fully saturated rings. The Morgan fingerprint density at radius 3 is 2.59 bits per heavy atom. The van der Waals surface area contributed by atoms with Gasteiger partial charge in [-0.05, 0) is 18.8 Å². The van der Waals surface area contributed by atoms with Crippen molar-refractivity contribution in [2.24, 2.45) is 5.92 Å². The lowest BCUT2D eigenvalue weighted by molar-refractivity contribution is -0.203. The molecule has 0 aromatic rings. The van der Waals surface area contributed by atoms with E-state index in [1.165, 1.54) is 0 Å². The van der Waals surface area contributed by atoms with E-state index in [0.29, 0.717) is 18.8 Å². The second-order valence-electron chi connectivity index (χ2n) is 5.08. The molecule has 17 heavy (non-hydrogen) atoms. The van der Waals surface area contributed by atoms with E-state index in [0.717, 1.165) is 12.8 Å². The number of nitrogens with one attached hydrogen (secondary N) is 1. The smallest absolute Gasteiger partial charge is 0.394 e. The summed E-state index contributed by atoms with van der Waals surface area (Å²) < 4.78 is 36.5. The summed E-state index contributed by atoms with van der Waals surface area (Å²) in [7, 11) is 0. The van der Waals surface area contributed by atoms with Crippen LogP contribution in [0.15, 0.2) is 0 Å². The molecule has 0 aromatic heterocycles. The van der Waals surface area contributed by atoms with Gasteiger partial charge in [0.2, 0.25) is 0 Å². The molecule has 0 bridgehead atoms. The molecule has 0 heterocycles. The summed E-state index contributed by atoms with van der Waals surface area (Å²) in [5.74, 6) is 0.381. The van der Waals surface area contributed by atoms with Crippen molar-refractivity contribution in [1.82, 2.24) is 5.32 Å². The van der Waals surface area contributed by atoms with Crippen molar-refractivity contribution in [3.05, 3.63) is 0 Å². The molecule has 3 unspecified atom stereocenters. The summed E-state index contributed by atoms with van der Waals surface area (Å²) in [4.78, 5) is 0. The molecule has 0 aromatic carbocycles. The molecule has 3 nitrogen and oxygen atoms in total. The van der Waals surface area contributed by atoms with Crippen molar-refractivity contribution in [2.75, 3.05) is 13.2 Å². The maximum Gasteiger partial charge on any atom is 0.415 e. The predicted octanol–water partition coefficient (Wildman–Crippen LogP) is 1.44. The van der Waals surface area contributed by atoms with Crippen LogP contribution in [0.2, 0.25) is 0 Å². The maximum atomic E-state index is 12.2. The number of hydrogen-bond donors (Lipinski definition) is 3. The number of alkyl halides is 3. The molecule has 1 rings (SSSR count). The third-order valence-corrected chi connectivity index (χ3v) is 3.44. The van der Waals surface area contributed by atoms with E-state index in [1.54, 1.807) is 0 Å². The summed E-state index contributed by atoms with van der Waals surface area (Å²) in [6.45, 7) is 1.27. The molecule has 0 amide bonds. The quantitative estimate of drug-likeness (QED) is 0.712. The number of β-amino-alcohol motifs (C(OH)–C–C–N with tert-alkyl or cyclic N) is 1. The van der Waals surface area contributed by atoms with E-state index in [9.17, 15) is 18.3 Å². The van der Waals surface area contributed by atoms with E-state index in [2.05, 4.69) is 5.32 Å². The average Bonchev–Trinajstić information content (AvgIpc) is 2.24. The van der Waals surface area contributed by atoms with Crippen LogP contribution in [0, 0.1) is 5.92 Å². The lowest BCUT2D eigenvalue weighted by Gasteiger charge is -2.40. The Bertz CT molecular complexity index is 247. The second kappa shape index (κ2) is 5.54. The minimum atomic E-state index is -4.61. The number of aliphatic hydroxyl groups is 2. The highest BCUT2D eigenvalue weighted by Gasteiger charge is 2.41. The van der Waals surface area contributed by atoms with Crippen LogP contribution in [0.25, 0.3) is 0 Å². The van der Waals surface area contributed by atoms with Crippen molar-refractivity contribution < 1.29 is 23.4 Å². The molecular formula is C11H20F3NO2. The summed E-state index contributed by atoms with van der Waals surface area (Å²) in [5, 5.41) is 21.0. The van der Waals surface area contributed by atoms with Gasteiger partial charge in [0.25, 0.3) is 0 Å². The Labute approximate surface area is 99.0 Å². The Balaban J connectivity index is 2.52. The van der Waals surface area contributed by atoms with E-state index in [1.807, 2.05) is 6.92 Å². The van der Waals surface area contributed by atoms with Crippen molar-refractivity contribution in [1.29, 1.82) is 0 Å². The summed E-state index contributed by atoms with van der Waals surface area (Å²) in [5.41, 5.74) is -0.663. The van der Waals surface area contributed by atoms with E-state index >= 15 is 0 Å². The van der Waals surface area contributed by atoms with Crippen molar-refractivity contribution in [3.63, 3.8) is 0 Å². The van der Waals surface area contributed by atoms with Gasteiger partial charge < -0.3 is 15.5 Å². The van der Waals surface area contributed by atoms with Gasteiger partial charge in [-0.15, -0.1) is 0 Å². The lowest BCUT2D eigenvalue weighted by Crippen LogP contribution is -2.55. The van der Waals surface area contributed by atoms with Crippen LogP contribution < -0.4 is 5.32 Å². The number of halogens is 3. The highest BCUT2D eigenvalue weighted by atomic mass is 19.4. The largest absolute Gasteiger partial charge is 0.415 e. The number of rotatable bonds is 4. The minimum Gasteiger partial charge on any atom is -0.394 e. The third-order valence-electron chi connectivity index (χ3n) is 3.44. The fourth-order valence-electron chi connectivity index (χ4n) is 2.45. The second-order valence-corrected chi connectivity index (χ2v) is 5.08. The molecule has 0 radical (unpaired) electrons. The van der Waals surface area contributed by atoms with Gasteiger partial charge in [-0.1, -0.05) is 19.8 Å². The zero-order valence-corrected chi connectivity index (χ0v) is 9.93. The number of aliphatic hydroxyl groups excluding tert-OH is 2. The molecule has 1 saturated carbocycles. The molecule has 102 valence electrons. The highest BCUT2D eigenvalue weighted by molar-refractivity contribution is 4.93. The van der Waals surface area contributed by atoms with Crippen LogP contribution in [0.1, 0.15) is 32.6 Å². The predicted molar refractivity (Wildman–Crippen MR) is 57.5 cm³/mol. The first-order chi connectivity index (χ1) is 7.79. The van der Waals surface area contributed by atoms with Crippen molar-refractivity contribution >= 4 is 0 Å². The van der Waals surface area contributed by atoms with Gasteiger partial charge in [-0.3, -0.25) is 0 Å². The average molecular weight is 255 g/mol. The Hall–Kier alpha value is -0.330. The molecule has 3 atom stereocenters. The third kappa shape index (κ3) is 4.12. The van der Waals surface area contributed by atoms with E-state index in [4.69, 9.17) is 5.11 Å². The van der Waals surface area contributed by atoms with Crippen LogP contribution in [-0.4, -0.2) is 41.2 Å². The zero-order valence-electron chi connectivity index (χ0n) is 9.93. The zero-order chi connectivity index (χ0) is 13.1. The van der Waals surface area contributed by atoms with E-state index in [-0.39, 0.29) is 6.61 Å². The topological polar surface area (TPSA) is 52.5 Å². The van der Waals surface area contributed by atoms with Gasteiger partial charge in [0, 0.05) is 12.1 Å². The van der Waals surface area contributed by atoms with E-state index < -0.39 is 24.4 Å². The monoisotopic (exact) mass is 255 g/mol. The van der Waals surface area contributed by atoms with Crippen LogP contribution in [0.5, 0.6) is 0 Å². The molecule has 0 spiro atoms. The summed E-state index contributed by atoms with van der Waals surface area (Å²) >= 11 is 0. The fourth-order valence-corrected chi connectivity index (χ4v) is 2.45. The van der Waals surface area contributed by atoms with Crippen LogP contribution >= 0.6 is 0 Å². The summed E-state index contributed by atoms with van der Waals surface area (Å²) in [6.07, 6.45) is -3.76. The lowest BCUT2D eigenvalue weighted by atomic mass is 9.77. The van der Waals surface area contributed by atoms with Crippen LogP contribution in [0.4, 0.5) is 13.2 Å². The highest BCUT2D eigenvalue weighted by Crippen LogP contribution is 2.32. The van der Waals surface area contributed by atoms with Gasteiger partial charge in [-0.25, -0.2) is 0 Å². The normalized spacial score (nSPS) is 32.5. The van der Waals surface area contributed by atoms with Gasteiger partial charge in [0.05, 0.1) is 6.61 Å². The van der Waals surface area contributed by atoms with Crippen molar-refractivity contribution in [3.8, 4) is 0 Å². The molecule has 0 saturated heterocycles. The van der Waals surface area contributed by atoms with Gasteiger partial charge in [-0.2, -0.15) is 13.2 Å². The van der Waals surface area contributed by atoms with Gasteiger partial charge in [0.15, 0.2) is 6.10 Å². The maximum absolute atomic E-state index is 12.2. The minimum absolute atomic E-state index is 0.193. The SMILES string of the molecule is CC1CCCC(CO)(NCC(O)C(F)(F)F)C1. The first-order valence-electron chi connectivity index (χ1n) is 5.90. The van der Waals surface area contributed by atoms with Gasteiger partial charge >= 0.3 is 6.18 Å². The molecule has 1 aliphatic rings. The molecule has 3 N–H and O–H groups in total. The fraction of sp³-hybridized carbons (Fsp3) is 1.00. The first kappa shape index (κ1) is 14.7. The first-order valence-corrected chi connectivity index (χ1v) is 5.90. The molecule has 0 aliphatic heterocycles. The Morgan fingerprint density at radius 1 is 1.47 bits per heavy atom. The standard InChI is InChI=1S/C11H20F3NO2/c1-8-3-2-4-10(5-8,7-16)15-6-9(17)11(12,13)14/h8-9,15-17H,2-7H2,1H3. The van der Waals surface area contributed by atoms with Gasteiger partial charge in [0.1, 0.15) is 0 Å². The Morgan fingerprint density at radius 2 is 2.12 bits per heavy atom. The van der Waals surface area contributed by atoms with Crippen LogP contribution in [-0.2, 0) is 0 Å². The summed E-state index contributed by atoms with van der Waals surface area (Å²) in [6, 6.07) is 0. The van der Waals surface area contributed by atoms with Crippen molar-refractivity contribution in [2.45, 2.75) is 50.4 Å². The Kier molecular flexibility index (Phi) is 4.80. The molecule has 1 aliphatic carbocycles. The molecular weight excluding hydrogens is 235 g/mol.